The van der Waals surface area contributed by atoms with Crippen molar-refractivity contribution in [3.05, 3.63) is 26.8 Å². The third kappa shape index (κ3) is 2.55. The third-order valence-corrected chi connectivity index (χ3v) is 2.47. The Balaban J connectivity index is 3.27. The van der Waals surface area contributed by atoms with Crippen LogP contribution in [0, 0.1) is 9.52 Å². The van der Waals surface area contributed by atoms with Crippen LogP contribution < -0.4 is 0 Å². The van der Waals surface area contributed by atoms with Gasteiger partial charge in [0.15, 0.2) is 5.82 Å². The van der Waals surface area contributed by atoms with Crippen molar-refractivity contribution in [1.82, 2.24) is 4.98 Å². The molecular formula is C7H4BrF3IN. The Morgan fingerprint density at radius 2 is 2.15 bits per heavy atom. The molecule has 13 heavy (non-hydrogen) atoms. The van der Waals surface area contributed by atoms with E-state index in [0.29, 0.717) is 3.70 Å². The maximum atomic E-state index is 13.1. The molecule has 0 aliphatic carbocycles. The zero-order valence-electron chi connectivity index (χ0n) is 6.20. The molecule has 0 spiro atoms. The number of alkyl halides is 3. The number of aromatic nitrogens is 1. The highest BCUT2D eigenvalue weighted by molar-refractivity contribution is 14.1. The molecule has 0 radical (unpaired) electrons. The van der Waals surface area contributed by atoms with Crippen molar-refractivity contribution >= 4 is 38.5 Å². The van der Waals surface area contributed by atoms with Gasteiger partial charge in [-0.05, 0) is 28.7 Å². The second kappa shape index (κ2) is 4.59. The number of rotatable bonds is 2. The lowest BCUT2D eigenvalue weighted by Gasteiger charge is -2.05. The lowest BCUT2D eigenvalue weighted by atomic mass is 10.2. The molecule has 1 rings (SSSR count). The molecule has 0 aliphatic heterocycles. The molecule has 0 saturated carbocycles. The monoisotopic (exact) mass is 365 g/mol. The molecular weight excluding hydrogens is 362 g/mol. The summed E-state index contributed by atoms with van der Waals surface area (Å²) in [6, 6.07) is 1.05. The van der Waals surface area contributed by atoms with Crippen LogP contribution in [-0.4, -0.2) is 4.98 Å². The average Bonchev–Trinajstić information content (AvgIpc) is 2.08. The van der Waals surface area contributed by atoms with Gasteiger partial charge in [-0.1, -0.05) is 15.9 Å². The average molecular weight is 366 g/mol. The van der Waals surface area contributed by atoms with Crippen LogP contribution in [0.3, 0.4) is 0 Å². The first kappa shape index (κ1) is 11.2. The molecule has 0 bridgehead atoms. The Morgan fingerprint density at radius 3 is 2.62 bits per heavy atom. The van der Waals surface area contributed by atoms with E-state index in [1.807, 2.05) is 0 Å². The van der Waals surface area contributed by atoms with E-state index in [1.165, 1.54) is 0 Å². The van der Waals surface area contributed by atoms with Crippen molar-refractivity contribution in [2.75, 3.05) is 0 Å². The van der Waals surface area contributed by atoms with E-state index < -0.39 is 17.8 Å². The van der Waals surface area contributed by atoms with Crippen LogP contribution >= 0.6 is 38.5 Å². The van der Waals surface area contributed by atoms with Gasteiger partial charge in [-0.15, -0.1) is 0 Å². The molecule has 0 saturated heterocycles. The van der Waals surface area contributed by atoms with E-state index in [9.17, 15) is 13.2 Å². The predicted molar refractivity (Wildman–Crippen MR) is 54.5 cm³/mol. The first-order valence-corrected chi connectivity index (χ1v) is 5.45. The molecule has 1 aromatic heterocycles. The zero-order chi connectivity index (χ0) is 10.0. The summed E-state index contributed by atoms with van der Waals surface area (Å²) in [7, 11) is 0. The third-order valence-electron chi connectivity index (χ3n) is 1.38. The van der Waals surface area contributed by atoms with E-state index >= 15 is 0 Å². The minimum atomic E-state index is -2.80. The number of pyridine rings is 1. The Hall–Kier alpha value is 0.150. The molecule has 0 N–H and O–H groups in total. The molecule has 6 heteroatoms. The molecule has 1 nitrogen and oxygen atoms in total. The van der Waals surface area contributed by atoms with Crippen LogP contribution in [0.15, 0.2) is 6.07 Å². The van der Waals surface area contributed by atoms with E-state index in [-0.39, 0.29) is 11.0 Å². The molecule has 0 atom stereocenters. The Labute approximate surface area is 95.0 Å². The maximum absolute atomic E-state index is 13.1. The quantitative estimate of drug-likeness (QED) is 0.443. The molecule has 0 unspecified atom stereocenters. The predicted octanol–water partition coefficient (Wildman–Crippen LogP) is 3.66. The highest BCUT2D eigenvalue weighted by Crippen LogP contribution is 2.25. The first-order chi connectivity index (χ1) is 6.06. The topological polar surface area (TPSA) is 12.9 Å². The van der Waals surface area contributed by atoms with Crippen molar-refractivity contribution in [3.8, 4) is 0 Å². The lowest BCUT2D eigenvalue weighted by molar-refractivity contribution is 0.145. The summed E-state index contributed by atoms with van der Waals surface area (Å²) >= 11 is 4.75. The van der Waals surface area contributed by atoms with Gasteiger partial charge in [0, 0.05) is 5.33 Å². The van der Waals surface area contributed by atoms with Crippen LogP contribution in [0.1, 0.15) is 17.7 Å². The second-order valence-corrected chi connectivity index (χ2v) is 3.90. The van der Waals surface area contributed by atoms with Crippen molar-refractivity contribution in [3.63, 3.8) is 0 Å². The fourth-order valence-corrected chi connectivity index (χ4v) is 1.81. The standard InChI is InChI=1S/C7H4BrF3IN/c8-2-4-6(9)3(7(10)11)1-5(12)13-4/h1,7H,2H2. The summed E-state index contributed by atoms with van der Waals surface area (Å²) in [6.45, 7) is 0. The van der Waals surface area contributed by atoms with E-state index in [0.717, 1.165) is 6.07 Å². The summed E-state index contributed by atoms with van der Waals surface area (Å²) in [5.41, 5.74) is -0.573. The van der Waals surface area contributed by atoms with Crippen LogP contribution in [0.5, 0.6) is 0 Å². The number of nitrogens with zero attached hydrogens (tertiary/aromatic N) is 1. The molecule has 0 fully saturated rings. The SMILES string of the molecule is Fc1c(C(F)F)cc(I)nc1CBr. The van der Waals surface area contributed by atoms with E-state index in [1.54, 1.807) is 22.6 Å². The fraction of sp³-hybridized carbons (Fsp3) is 0.286. The number of hydrogen-bond donors (Lipinski definition) is 0. The van der Waals surface area contributed by atoms with Crippen molar-refractivity contribution in [2.24, 2.45) is 0 Å². The van der Waals surface area contributed by atoms with Gasteiger partial charge in [0.1, 0.15) is 3.70 Å². The summed E-state index contributed by atoms with van der Waals surface area (Å²) < 4.78 is 38.0. The lowest BCUT2D eigenvalue weighted by Crippen LogP contribution is -2.01. The van der Waals surface area contributed by atoms with E-state index in [4.69, 9.17) is 0 Å². The van der Waals surface area contributed by atoms with Gasteiger partial charge in [-0.25, -0.2) is 18.2 Å². The number of hydrogen-bond acceptors (Lipinski definition) is 1. The highest BCUT2D eigenvalue weighted by Gasteiger charge is 2.18. The van der Waals surface area contributed by atoms with Gasteiger partial charge in [-0.3, -0.25) is 0 Å². The minimum absolute atomic E-state index is 0.0159. The van der Waals surface area contributed by atoms with Gasteiger partial charge in [-0.2, -0.15) is 0 Å². The van der Waals surface area contributed by atoms with E-state index in [2.05, 4.69) is 20.9 Å². The summed E-state index contributed by atoms with van der Waals surface area (Å²) in [5, 5.41) is 0.134. The van der Waals surface area contributed by atoms with Crippen LogP contribution in [0.2, 0.25) is 0 Å². The fourth-order valence-electron chi connectivity index (χ4n) is 0.816. The second-order valence-electron chi connectivity index (χ2n) is 2.23. The zero-order valence-corrected chi connectivity index (χ0v) is 9.94. The van der Waals surface area contributed by atoms with Crippen LogP contribution in [-0.2, 0) is 5.33 Å². The maximum Gasteiger partial charge on any atom is 0.266 e. The van der Waals surface area contributed by atoms with Crippen molar-refractivity contribution < 1.29 is 13.2 Å². The van der Waals surface area contributed by atoms with Gasteiger partial charge >= 0.3 is 0 Å². The van der Waals surface area contributed by atoms with Gasteiger partial charge in [0.2, 0.25) is 0 Å². The summed E-state index contributed by atoms with van der Waals surface area (Å²) in [5.74, 6) is -0.924. The van der Waals surface area contributed by atoms with Gasteiger partial charge < -0.3 is 0 Å². The largest absolute Gasteiger partial charge is 0.266 e. The smallest absolute Gasteiger partial charge is 0.243 e. The number of halogens is 5. The first-order valence-electron chi connectivity index (χ1n) is 3.25. The Bertz CT molecular complexity index is 319. The van der Waals surface area contributed by atoms with Crippen LogP contribution in [0.25, 0.3) is 0 Å². The molecule has 72 valence electrons. The normalized spacial score (nSPS) is 10.9. The molecule has 0 amide bonds. The van der Waals surface area contributed by atoms with Crippen molar-refractivity contribution in [2.45, 2.75) is 11.8 Å². The van der Waals surface area contributed by atoms with Crippen LogP contribution in [0.4, 0.5) is 13.2 Å². The molecule has 0 aromatic carbocycles. The molecule has 0 aliphatic rings. The minimum Gasteiger partial charge on any atom is -0.243 e. The van der Waals surface area contributed by atoms with Crippen molar-refractivity contribution in [1.29, 1.82) is 0 Å². The molecule has 1 aromatic rings. The molecule has 1 heterocycles. The Kier molecular flexibility index (Phi) is 3.96. The van der Waals surface area contributed by atoms with Gasteiger partial charge in [0.05, 0.1) is 11.3 Å². The Morgan fingerprint density at radius 1 is 1.54 bits per heavy atom. The summed E-state index contributed by atoms with van der Waals surface area (Å²) in [4.78, 5) is 3.77. The highest BCUT2D eigenvalue weighted by atomic mass is 127. The van der Waals surface area contributed by atoms with Gasteiger partial charge in [0.25, 0.3) is 6.43 Å². The summed E-state index contributed by atoms with van der Waals surface area (Å²) in [6.07, 6.45) is -2.80.